The van der Waals surface area contributed by atoms with Gasteiger partial charge in [-0.15, -0.1) is 0 Å². The van der Waals surface area contributed by atoms with E-state index in [1.54, 1.807) is 0 Å². The number of hydrogen-bond donors (Lipinski definition) is 1. The molecule has 5 aliphatic heterocycles. The fraction of sp³-hybridized carbons (Fsp3) is 0.872. The molecule has 3 aliphatic carbocycles. The van der Waals surface area contributed by atoms with Crippen LogP contribution in [0.15, 0.2) is 11.8 Å². The number of fused-ring (bicyclic) bond motifs is 3. The van der Waals surface area contributed by atoms with Crippen molar-refractivity contribution in [2.75, 3.05) is 39.3 Å². The first-order chi connectivity index (χ1) is 24.0. The van der Waals surface area contributed by atoms with Crippen LogP contribution >= 0.6 is 0 Å². The molecule has 0 bridgehead atoms. The predicted octanol–water partition coefficient (Wildman–Crippen LogP) is 4.66. The van der Waals surface area contributed by atoms with Crippen molar-refractivity contribution in [3.8, 4) is 0 Å². The van der Waals surface area contributed by atoms with E-state index in [2.05, 4.69) is 20.0 Å². The summed E-state index contributed by atoms with van der Waals surface area (Å²) in [6, 6.07) is -0.341. The molecule has 11 heteroatoms. The number of Topliss-reactive ketones (excluding diaryl/α,β-unsaturated/α-hetero) is 1. The van der Waals surface area contributed by atoms with Gasteiger partial charge in [0.15, 0.2) is 5.78 Å². The molecule has 4 saturated heterocycles. The first kappa shape index (κ1) is 34.8. The number of halogens is 1. The van der Waals surface area contributed by atoms with E-state index in [4.69, 9.17) is 9.47 Å². The van der Waals surface area contributed by atoms with Gasteiger partial charge in [-0.3, -0.25) is 14.5 Å². The van der Waals surface area contributed by atoms with Crippen LogP contribution in [0.1, 0.15) is 104 Å². The number of rotatable bonds is 4. The molecule has 10 nitrogen and oxygen atoms in total. The Labute approximate surface area is 297 Å². The Hall–Kier alpha value is -2.24. The average molecular weight is 698 g/mol. The van der Waals surface area contributed by atoms with Gasteiger partial charge in [-0.05, 0) is 97.1 Å². The lowest BCUT2D eigenvalue weighted by Gasteiger charge is -2.61. The zero-order chi connectivity index (χ0) is 34.7. The van der Waals surface area contributed by atoms with Gasteiger partial charge in [0.2, 0.25) is 0 Å². The third kappa shape index (κ3) is 6.72. The van der Waals surface area contributed by atoms with Crippen molar-refractivity contribution in [3.63, 3.8) is 0 Å². The van der Waals surface area contributed by atoms with Crippen molar-refractivity contribution in [3.05, 3.63) is 11.8 Å². The molecule has 0 radical (unpaired) electrons. The Morgan fingerprint density at radius 1 is 0.860 bits per heavy atom. The molecule has 3 saturated carbocycles. The minimum Gasteiger partial charge on any atom is -0.444 e. The van der Waals surface area contributed by atoms with Crippen LogP contribution in [0.4, 0.5) is 9.18 Å². The van der Waals surface area contributed by atoms with E-state index in [9.17, 15) is 14.4 Å². The molecule has 10 atom stereocenters. The summed E-state index contributed by atoms with van der Waals surface area (Å²) in [7, 11) is 0. The number of nitrogens with zero attached hydrogens (tertiary/aromatic N) is 4. The number of carbonyl (C=O) groups is 3. The second kappa shape index (κ2) is 14.0. The molecule has 0 aromatic heterocycles. The van der Waals surface area contributed by atoms with E-state index in [-0.39, 0.29) is 47.9 Å². The van der Waals surface area contributed by atoms with Gasteiger partial charge in [0.25, 0.3) is 5.91 Å². The molecule has 7 fully saturated rings. The van der Waals surface area contributed by atoms with Crippen LogP contribution in [0.5, 0.6) is 0 Å². The number of alkyl carbamates (subject to hydrolysis) is 1. The first-order valence-corrected chi connectivity index (χ1v) is 20.1. The van der Waals surface area contributed by atoms with E-state index >= 15 is 4.39 Å². The van der Waals surface area contributed by atoms with Crippen molar-refractivity contribution in [1.82, 2.24) is 24.9 Å². The van der Waals surface area contributed by atoms with Crippen LogP contribution in [0, 0.1) is 17.8 Å². The molecule has 278 valence electrons. The van der Waals surface area contributed by atoms with Gasteiger partial charge in [0.1, 0.15) is 11.8 Å². The van der Waals surface area contributed by atoms with Crippen molar-refractivity contribution < 1.29 is 28.2 Å². The van der Waals surface area contributed by atoms with Crippen molar-refractivity contribution in [2.24, 2.45) is 17.8 Å². The highest BCUT2D eigenvalue weighted by Gasteiger charge is 2.61. The summed E-state index contributed by atoms with van der Waals surface area (Å²) in [4.78, 5) is 50.2. The topological polar surface area (TPSA) is 94.7 Å². The number of hydrogen-bond acceptors (Lipinski definition) is 8. The second-order valence-corrected chi connectivity index (χ2v) is 17.9. The fourth-order valence-corrected chi connectivity index (χ4v) is 11.4. The lowest BCUT2D eigenvalue weighted by molar-refractivity contribution is -0.219. The summed E-state index contributed by atoms with van der Waals surface area (Å²) < 4.78 is 29.3. The van der Waals surface area contributed by atoms with Crippen molar-refractivity contribution >= 4 is 17.8 Å². The first-order valence-electron chi connectivity index (χ1n) is 20.1. The van der Waals surface area contributed by atoms with Crippen LogP contribution < -0.4 is 5.32 Å². The van der Waals surface area contributed by atoms with Crippen LogP contribution in [0.2, 0.25) is 0 Å². The molecule has 5 heterocycles. The maximum absolute atomic E-state index is 16.7. The molecule has 50 heavy (non-hydrogen) atoms. The second-order valence-electron chi connectivity index (χ2n) is 17.9. The summed E-state index contributed by atoms with van der Waals surface area (Å²) >= 11 is 0. The normalized spacial score (nSPS) is 40.0. The van der Waals surface area contributed by atoms with E-state index in [1.807, 2.05) is 31.9 Å². The van der Waals surface area contributed by atoms with Gasteiger partial charge in [-0.25, -0.2) is 9.18 Å². The maximum atomic E-state index is 16.7. The summed E-state index contributed by atoms with van der Waals surface area (Å²) in [6.07, 6.45) is 13.1. The van der Waals surface area contributed by atoms with E-state index in [0.717, 1.165) is 38.8 Å². The Balaban J connectivity index is 1.04. The van der Waals surface area contributed by atoms with Crippen LogP contribution in [0.3, 0.4) is 0 Å². The SMILES string of the molecule is CC(C)(C)OC(=O)NC1CCN(C2C(F)CC3C(=O)C(C(=O)N4CCC(N5CCCCC5)CC4)=CN4C5CC6CCCCC6CC5OC2C34)C1. The van der Waals surface area contributed by atoms with E-state index in [1.165, 1.54) is 44.9 Å². The minimum absolute atomic E-state index is 0.0524. The number of carbonyl (C=O) groups excluding carboxylic acids is 3. The molecular weight excluding hydrogens is 637 g/mol. The predicted molar refractivity (Wildman–Crippen MR) is 187 cm³/mol. The van der Waals surface area contributed by atoms with Gasteiger partial charge < -0.3 is 29.5 Å². The van der Waals surface area contributed by atoms with Gasteiger partial charge in [-0.1, -0.05) is 32.1 Å². The maximum Gasteiger partial charge on any atom is 0.407 e. The number of alkyl halides is 1. The van der Waals surface area contributed by atoms with Crippen molar-refractivity contribution in [2.45, 2.75) is 158 Å². The standard InChI is InChI=1S/C39H60FN5O5/c1-39(2,3)50-38(48)41-26-11-16-44(22-26)34-30(40)21-28-33-36(34)49-32-20-25-10-6-5-9-24(25)19-31(32)45(33)23-29(35(28)46)37(47)43-17-12-27(13-18-43)42-14-7-4-8-15-42/h23-28,30-34,36H,4-22H2,1-3H3,(H,41,48). The van der Waals surface area contributed by atoms with Gasteiger partial charge in [-0.2, -0.15) is 0 Å². The van der Waals surface area contributed by atoms with Crippen LogP contribution in [-0.2, 0) is 19.1 Å². The number of likely N-dealkylation sites (tertiary alicyclic amines) is 3. The molecule has 0 aromatic rings. The van der Waals surface area contributed by atoms with E-state index < -0.39 is 35.9 Å². The van der Waals surface area contributed by atoms with Gasteiger partial charge in [0, 0.05) is 50.4 Å². The van der Waals surface area contributed by atoms with Crippen molar-refractivity contribution in [1.29, 1.82) is 0 Å². The number of nitrogens with one attached hydrogen (secondary N) is 1. The fourth-order valence-electron chi connectivity index (χ4n) is 11.4. The summed E-state index contributed by atoms with van der Waals surface area (Å²) in [5.74, 6) is 0.287. The van der Waals surface area contributed by atoms with Crippen LogP contribution in [0.25, 0.3) is 0 Å². The number of ether oxygens (including phenoxy) is 2. The summed E-state index contributed by atoms with van der Waals surface area (Å²) in [6.45, 7) is 10.3. The quantitative estimate of drug-likeness (QED) is 0.425. The Morgan fingerprint density at radius 2 is 1.58 bits per heavy atom. The highest BCUT2D eigenvalue weighted by Crippen LogP contribution is 2.51. The van der Waals surface area contributed by atoms with Crippen LogP contribution in [-0.4, -0.2) is 131 Å². The Bertz CT molecular complexity index is 1320. The molecular formula is C39H60FN5O5. The molecule has 0 aromatic carbocycles. The zero-order valence-electron chi connectivity index (χ0n) is 30.6. The zero-order valence-corrected chi connectivity index (χ0v) is 30.6. The Kier molecular flexibility index (Phi) is 9.72. The molecule has 2 amide bonds. The number of morpholine rings is 1. The highest BCUT2D eigenvalue weighted by atomic mass is 19.1. The monoisotopic (exact) mass is 697 g/mol. The molecule has 0 spiro atoms. The third-order valence-corrected chi connectivity index (χ3v) is 13.7. The van der Waals surface area contributed by atoms with Gasteiger partial charge in [0.05, 0.1) is 35.9 Å². The molecule has 10 unspecified atom stereocenters. The lowest BCUT2D eigenvalue weighted by Crippen LogP contribution is -2.73. The number of amides is 2. The molecule has 8 aliphatic rings. The minimum atomic E-state index is -1.27. The summed E-state index contributed by atoms with van der Waals surface area (Å²) in [5.41, 5.74) is -0.329. The third-order valence-electron chi connectivity index (χ3n) is 13.7. The smallest absolute Gasteiger partial charge is 0.407 e. The van der Waals surface area contributed by atoms with Gasteiger partial charge >= 0.3 is 6.09 Å². The van der Waals surface area contributed by atoms with E-state index in [0.29, 0.717) is 50.5 Å². The highest BCUT2D eigenvalue weighted by molar-refractivity contribution is 6.20. The Morgan fingerprint density at radius 3 is 2.30 bits per heavy atom. The average Bonchev–Trinajstić information content (AvgIpc) is 3.55. The molecule has 8 rings (SSSR count). The largest absolute Gasteiger partial charge is 0.444 e. The lowest BCUT2D eigenvalue weighted by atomic mass is 9.64. The number of ketones is 1. The summed E-state index contributed by atoms with van der Waals surface area (Å²) in [5, 5.41) is 3.00. The molecule has 1 N–H and O–H groups in total. The number of piperidine rings is 2.